The molecule has 2 nitrogen and oxygen atoms in total. The summed E-state index contributed by atoms with van der Waals surface area (Å²) in [6.45, 7) is 6.20. The molecule has 0 fully saturated rings. The van der Waals surface area contributed by atoms with Crippen LogP contribution in [-0.2, 0) is 0 Å². The lowest BCUT2D eigenvalue weighted by molar-refractivity contribution is 0.0989. The molecule has 0 saturated heterocycles. The van der Waals surface area contributed by atoms with Crippen molar-refractivity contribution >= 4 is 23.1 Å². The molecule has 0 amide bonds. The summed E-state index contributed by atoms with van der Waals surface area (Å²) in [5, 5.41) is 0. The number of ketones is 1. The number of carbonyl (C=O) groups excluding carboxylic acids is 1. The third-order valence-corrected chi connectivity index (χ3v) is 2.83. The van der Waals surface area contributed by atoms with Gasteiger partial charge >= 0.3 is 0 Å². The zero-order valence-corrected chi connectivity index (χ0v) is 10.6. The molecule has 0 N–H and O–H groups in total. The lowest BCUT2D eigenvalue weighted by atomic mass is 10.1. The van der Waals surface area contributed by atoms with Crippen LogP contribution in [0.3, 0.4) is 0 Å². The zero-order valence-electron chi connectivity index (χ0n) is 9.87. The lowest BCUT2D eigenvalue weighted by Gasteiger charge is -2.20. The monoisotopic (exact) mass is 239 g/mol. The summed E-state index contributed by atoms with van der Waals surface area (Å²) in [6.07, 6.45) is 0.409. The van der Waals surface area contributed by atoms with Crippen LogP contribution in [0.25, 0.3) is 0 Å². The van der Waals surface area contributed by atoms with Gasteiger partial charge in [-0.25, -0.2) is 0 Å². The third-order valence-electron chi connectivity index (χ3n) is 2.64. The number of carbonyl (C=O) groups is 1. The van der Waals surface area contributed by atoms with Crippen molar-refractivity contribution in [3.63, 3.8) is 0 Å². The van der Waals surface area contributed by atoms with Gasteiger partial charge in [0.1, 0.15) is 0 Å². The summed E-state index contributed by atoms with van der Waals surface area (Å²) in [7, 11) is 0. The topological polar surface area (TPSA) is 20.3 Å². The number of halogens is 1. The van der Waals surface area contributed by atoms with Crippen LogP contribution in [0.4, 0.5) is 5.69 Å². The molecule has 88 valence electrons. The summed E-state index contributed by atoms with van der Waals surface area (Å²) in [5.41, 5.74) is 1.91. The Hall–Kier alpha value is -1.02. The smallest absolute Gasteiger partial charge is 0.164 e. The number of benzene rings is 1. The molecule has 0 spiro atoms. The number of hydrogen-bond acceptors (Lipinski definition) is 2. The molecule has 1 aromatic rings. The van der Waals surface area contributed by atoms with Crippen molar-refractivity contribution < 1.29 is 4.79 Å². The van der Waals surface area contributed by atoms with Crippen LogP contribution in [0.5, 0.6) is 0 Å². The Balaban J connectivity index is 2.78. The van der Waals surface area contributed by atoms with E-state index < -0.39 is 0 Å². The fourth-order valence-electron chi connectivity index (χ4n) is 1.68. The Morgan fingerprint density at radius 2 is 1.75 bits per heavy atom. The van der Waals surface area contributed by atoms with Gasteiger partial charge in [0.2, 0.25) is 0 Å². The molecule has 0 saturated carbocycles. The largest absolute Gasteiger partial charge is 0.372 e. The van der Waals surface area contributed by atoms with E-state index in [-0.39, 0.29) is 5.78 Å². The van der Waals surface area contributed by atoms with Crippen LogP contribution in [0.1, 0.15) is 30.6 Å². The Labute approximate surface area is 102 Å². The van der Waals surface area contributed by atoms with Crippen molar-refractivity contribution in [1.29, 1.82) is 0 Å². The normalized spacial score (nSPS) is 10.2. The number of hydrogen-bond donors (Lipinski definition) is 0. The highest BCUT2D eigenvalue weighted by atomic mass is 35.5. The first-order valence-corrected chi connectivity index (χ1v) is 6.20. The van der Waals surface area contributed by atoms with E-state index in [1.165, 1.54) is 0 Å². The minimum absolute atomic E-state index is 0.112. The summed E-state index contributed by atoms with van der Waals surface area (Å²) in [4.78, 5) is 13.8. The second kappa shape index (κ2) is 6.54. The highest BCUT2D eigenvalue weighted by molar-refractivity contribution is 6.19. The van der Waals surface area contributed by atoms with Crippen LogP contribution in [0, 0.1) is 0 Å². The van der Waals surface area contributed by atoms with E-state index in [1.807, 2.05) is 24.3 Å². The molecule has 0 bridgehead atoms. The van der Waals surface area contributed by atoms with Crippen LogP contribution < -0.4 is 4.90 Å². The first-order chi connectivity index (χ1) is 7.72. The third kappa shape index (κ3) is 3.24. The Bertz CT molecular complexity index is 330. The van der Waals surface area contributed by atoms with Crippen molar-refractivity contribution in [2.24, 2.45) is 0 Å². The van der Waals surface area contributed by atoms with Gasteiger partial charge in [0.15, 0.2) is 5.78 Å². The molecular weight excluding hydrogens is 222 g/mol. The van der Waals surface area contributed by atoms with Crippen LogP contribution in [0.15, 0.2) is 24.3 Å². The molecular formula is C13H18ClNO. The summed E-state index contributed by atoms with van der Waals surface area (Å²) >= 11 is 5.54. The van der Waals surface area contributed by atoms with Gasteiger partial charge in [0.25, 0.3) is 0 Å². The van der Waals surface area contributed by atoms with Crippen LogP contribution >= 0.6 is 11.6 Å². The van der Waals surface area contributed by atoms with Crippen molar-refractivity contribution in [1.82, 2.24) is 0 Å². The SMILES string of the molecule is CCN(CC)c1ccc(C(=O)CCCl)cc1. The Morgan fingerprint density at radius 3 is 2.19 bits per heavy atom. The van der Waals surface area contributed by atoms with Gasteiger partial charge < -0.3 is 4.90 Å². The number of rotatable bonds is 6. The van der Waals surface area contributed by atoms with Crippen molar-refractivity contribution in [3.05, 3.63) is 29.8 Å². The average molecular weight is 240 g/mol. The van der Waals surface area contributed by atoms with E-state index in [4.69, 9.17) is 11.6 Å². The predicted octanol–water partition coefficient (Wildman–Crippen LogP) is 3.34. The summed E-state index contributed by atoms with van der Waals surface area (Å²) in [6, 6.07) is 7.74. The van der Waals surface area contributed by atoms with Crippen molar-refractivity contribution in [3.8, 4) is 0 Å². The number of Topliss-reactive ketones (excluding diaryl/α,β-unsaturated/α-hetero) is 1. The van der Waals surface area contributed by atoms with Gasteiger partial charge in [-0.15, -0.1) is 11.6 Å². The summed E-state index contributed by atoms with van der Waals surface area (Å²) < 4.78 is 0. The lowest BCUT2D eigenvalue weighted by Crippen LogP contribution is -2.21. The van der Waals surface area contributed by atoms with Gasteiger partial charge in [-0.1, -0.05) is 0 Å². The summed E-state index contributed by atoms with van der Waals surface area (Å²) in [5.74, 6) is 0.498. The number of nitrogens with zero attached hydrogens (tertiary/aromatic N) is 1. The molecule has 16 heavy (non-hydrogen) atoms. The van der Waals surface area contributed by atoms with Gasteiger partial charge in [-0.2, -0.15) is 0 Å². The fourth-order valence-corrected chi connectivity index (χ4v) is 1.85. The van der Waals surface area contributed by atoms with E-state index >= 15 is 0 Å². The second-order valence-corrected chi connectivity index (χ2v) is 3.96. The second-order valence-electron chi connectivity index (χ2n) is 3.58. The maximum Gasteiger partial charge on any atom is 0.164 e. The van der Waals surface area contributed by atoms with E-state index in [1.54, 1.807) is 0 Å². The highest BCUT2D eigenvalue weighted by Gasteiger charge is 2.06. The van der Waals surface area contributed by atoms with Crippen molar-refractivity contribution in [2.45, 2.75) is 20.3 Å². The quantitative estimate of drug-likeness (QED) is 0.561. The van der Waals surface area contributed by atoms with E-state index in [0.717, 1.165) is 24.3 Å². The predicted molar refractivity (Wildman–Crippen MR) is 69.7 cm³/mol. The first-order valence-electron chi connectivity index (χ1n) is 5.67. The molecule has 0 aliphatic carbocycles. The standard InChI is InChI=1S/C13H18ClNO/c1-3-15(4-2)12-7-5-11(6-8-12)13(16)9-10-14/h5-8H,3-4,9-10H2,1-2H3. The van der Waals surface area contributed by atoms with Gasteiger partial charge in [0, 0.05) is 36.6 Å². The molecule has 0 atom stereocenters. The number of alkyl halides is 1. The van der Waals surface area contributed by atoms with Gasteiger partial charge in [-0.3, -0.25) is 4.79 Å². The minimum Gasteiger partial charge on any atom is -0.372 e. The molecule has 0 heterocycles. The van der Waals surface area contributed by atoms with Crippen LogP contribution in [0.2, 0.25) is 0 Å². The van der Waals surface area contributed by atoms with Crippen LogP contribution in [-0.4, -0.2) is 24.8 Å². The Kier molecular flexibility index (Phi) is 5.33. The Morgan fingerprint density at radius 1 is 1.19 bits per heavy atom. The minimum atomic E-state index is 0.112. The molecule has 0 aliphatic heterocycles. The molecule has 0 aromatic heterocycles. The van der Waals surface area contributed by atoms with E-state index in [2.05, 4.69) is 18.7 Å². The molecule has 1 rings (SSSR count). The van der Waals surface area contributed by atoms with Gasteiger partial charge in [-0.05, 0) is 38.1 Å². The fraction of sp³-hybridized carbons (Fsp3) is 0.462. The maximum absolute atomic E-state index is 11.6. The van der Waals surface area contributed by atoms with Crippen molar-refractivity contribution in [2.75, 3.05) is 23.9 Å². The zero-order chi connectivity index (χ0) is 12.0. The molecule has 0 unspecified atom stereocenters. The highest BCUT2D eigenvalue weighted by Crippen LogP contribution is 2.15. The molecule has 1 aromatic carbocycles. The molecule has 0 radical (unpaired) electrons. The number of anilines is 1. The average Bonchev–Trinajstić information content (AvgIpc) is 2.32. The van der Waals surface area contributed by atoms with Gasteiger partial charge in [0.05, 0.1) is 0 Å². The maximum atomic E-state index is 11.6. The first kappa shape index (κ1) is 13.0. The molecule has 0 aliphatic rings. The van der Waals surface area contributed by atoms with E-state index in [0.29, 0.717) is 12.3 Å². The molecule has 3 heteroatoms. The van der Waals surface area contributed by atoms with E-state index in [9.17, 15) is 4.79 Å².